The van der Waals surface area contributed by atoms with E-state index in [0.29, 0.717) is 16.9 Å². The molecule has 4 nitrogen and oxygen atoms in total. The molecule has 0 bridgehead atoms. The van der Waals surface area contributed by atoms with Gasteiger partial charge in [0.2, 0.25) is 6.71 Å². The highest BCUT2D eigenvalue weighted by atomic mass is 32.2. The normalized spacial score (nSPS) is 14.2. The molecule has 11 aromatic rings. The molecule has 362 valence electrons. The molecule has 13 rings (SSSR count). The zero-order valence-corrected chi connectivity index (χ0v) is 43.7. The van der Waals surface area contributed by atoms with Gasteiger partial charge in [-0.15, -0.1) is 0 Å². The van der Waals surface area contributed by atoms with Crippen LogP contribution in [-0.2, 0) is 10.8 Å². The minimum Gasteiger partial charge on any atom is -0.310 e. The first-order valence-electron chi connectivity index (χ1n) is 29.4. The highest BCUT2D eigenvalue weighted by Crippen LogP contribution is 2.51. The first-order chi connectivity index (χ1) is 40.2. The van der Waals surface area contributed by atoms with Crippen LogP contribution >= 0.6 is 11.8 Å². The van der Waals surface area contributed by atoms with E-state index < -0.39 is 43.0 Å². The van der Waals surface area contributed by atoms with Gasteiger partial charge in [-0.25, -0.2) is 4.85 Å². The highest BCUT2D eigenvalue weighted by molar-refractivity contribution is 8.00. The van der Waals surface area contributed by atoms with Crippen LogP contribution in [0.5, 0.6) is 0 Å². The molecule has 0 saturated heterocycles. The van der Waals surface area contributed by atoms with Gasteiger partial charge in [0, 0.05) is 54.3 Å². The molecule has 1 aromatic heterocycles. The maximum absolute atomic E-state index is 10.2. The van der Waals surface area contributed by atoms with Crippen LogP contribution in [0.15, 0.2) is 222 Å². The Morgan fingerprint density at radius 3 is 1.71 bits per heavy atom. The van der Waals surface area contributed by atoms with Crippen molar-refractivity contribution in [2.75, 3.05) is 4.90 Å². The first kappa shape index (κ1) is 38.7. The average Bonchev–Trinajstić information content (AvgIpc) is 1.47. The van der Waals surface area contributed by atoms with Gasteiger partial charge in [0.25, 0.3) is 0 Å². The van der Waals surface area contributed by atoms with Crippen molar-refractivity contribution in [1.82, 2.24) is 4.57 Å². The van der Waals surface area contributed by atoms with Gasteiger partial charge in [-0.3, -0.25) is 0 Å². The molecule has 2 aliphatic rings. The van der Waals surface area contributed by atoms with Crippen molar-refractivity contribution in [3.8, 4) is 56.3 Å². The number of rotatable bonds is 6. The van der Waals surface area contributed by atoms with Crippen molar-refractivity contribution in [3.05, 3.63) is 240 Å². The molecular weight excluding hydrogens is 940 g/mol. The summed E-state index contributed by atoms with van der Waals surface area (Å²) in [4.78, 5) is 7.85. The van der Waals surface area contributed by atoms with Gasteiger partial charge < -0.3 is 9.47 Å². The van der Waals surface area contributed by atoms with Crippen molar-refractivity contribution < 1.29 is 11.0 Å². The summed E-state index contributed by atoms with van der Waals surface area (Å²) >= 11 is 1.56. The number of nitriles is 1. The van der Waals surface area contributed by atoms with E-state index in [0.717, 1.165) is 87.7 Å². The van der Waals surface area contributed by atoms with Crippen LogP contribution in [0.3, 0.4) is 0 Å². The topological polar surface area (TPSA) is 36.3 Å². The lowest BCUT2D eigenvalue weighted by Gasteiger charge is -2.42. The SMILES string of the molecule is [2H]c1c([2H])c([2H])c2c(c1[2H])c1c([2H])c([2H])c([2H])c([2H])c1n2-c1cc2c3c(c1)N(c1c(-c4ccccc4)cccc1-c1ccccc1)c1ccc(-c4cc(C(C)(C)C)cc(C(C)(C)C)c4)cc1B3c1cc(-c3cc(C#N)cc([N+]#[C-])c3)ccc1S2. The van der Waals surface area contributed by atoms with Gasteiger partial charge in [0.15, 0.2) is 5.69 Å². The van der Waals surface area contributed by atoms with Crippen molar-refractivity contribution in [2.45, 2.75) is 62.2 Å². The lowest BCUT2D eigenvalue weighted by molar-refractivity contribution is 0.569. The molecule has 0 radical (unpaired) electrons. The predicted octanol–water partition coefficient (Wildman–Crippen LogP) is 17.2. The fraction of sp³-hybridized carbons (Fsp3) is 0.114. The van der Waals surface area contributed by atoms with Crippen LogP contribution in [0.4, 0.5) is 22.7 Å². The molecule has 0 aliphatic carbocycles. The fourth-order valence-corrected chi connectivity index (χ4v) is 12.4. The Morgan fingerprint density at radius 2 is 1.12 bits per heavy atom. The maximum Gasteiger partial charge on any atom is 0.249 e. The number of fused-ring (bicyclic) bond motifs is 7. The smallest absolute Gasteiger partial charge is 0.249 e. The third-order valence-electron chi connectivity index (χ3n) is 15.0. The third-order valence-corrected chi connectivity index (χ3v) is 16.1. The van der Waals surface area contributed by atoms with Gasteiger partial charge in [-0.2, -0.15) is 5.26 Å². The Morgan fingerprint density at radius 1 is 0.539 bits per heavy atom. The second kappa shape index (κ2) is 18.0. The summed E-state index contributed by atoms with van der Waals surface area (Å²) < 4.78 is 75.3. The Labute approximate surface area is 461 Å². The molecule has 3 heterocycles. The fourth-order valence-electron chi connectivity index (χ4n) is 11.2. The number of aromatic nitrogens is 1. The summed E-state index contributed by atoms with van der Waals surface area (Å²) in [5.74, 6) is 0. The van der Waals surface area contributed by atoms with E-state index in [1.165, 1.54) is 11.1 Å². The van der Waals surface area contributed by atoms with Crippen LogP contribution in [0.1, 0.15) is 69.2 Å². The van der Waals surface area contributed by atoms with E-state index in [9.17, 15) is 10.7 Å². The summed E-state index contributed by atoms with van der Waals surface area (Å²) in [5, 5.41) is 10.2. The molecule has 6 heteroatoms. The summed E-state index contributed by atoms with van der Waals surface area (Å²) in [7, 11) is 0. The molecule has 0 N–H and O–H groups in total. The molecule has 0 spiro atoms. The highest BCUT2D eigenvalue weighted by Gasteiger charge is 2.43. The van der Waals surface area contributed by atoms with Crippen LogP contribution in [-0.4, -0.2) is 11.3 Å². The minimum absolute atomic E-state index is 0.000257. The Kier molecular flexibility index (Phi) is 9.15. The number of hydrogen-bond donors (Lipinski definition) is 0. The van der Waals surface area contributed by atoms with Gasteiger partial charge >= 0.3 is 0 Å². The van der Waals surface area contributed by atoms with Crippen LogP contribution in [0.2, 0.25) is 0 Å². The van der Waals surface area contributed by atoms with E-state index in [4.69, 9.17) is 12.1 Å². The number of nitrogens with zero attached hydrogens (tertiary/aromatic N) is 4. The lowest BCUT2D eigenvalue weighted by atomic mass is 9.34. The summed E-state index contributed by atoms with van der Waals surface area (Å²) in [5.41, 5.74) is 16.3. The Hall–Kier alpha value is -8.81. The molecule has 0 saturated carbocycles. The van der Waals surface area contributed by atoms with Gasteiger partial charge in [0.05, 0.1) is 40.3 Å². The van der Waals surface area contributed by atoms with Crippen molar-refractivity contribution in [1.29, 1.82) is 5.26 Å². The summed E-state index contributed by atoms with van der Waals surface area (Å²) in [6.07, 6.45) is 0. The van der Waals surface area contributed by atoms with Crippen LogP contribution in [0, 0.1) is 17.9 Å². The van der Waals surface area contributed by atoms with E-state index in [1.807, 2.05) is 66.7 Å². The molecule has 0 fully saturated rings. The molecular formula is C70H53BN4S. The minimum atomic E-state index is -0.508. The third kappa shape index (κ3) is 7.83. The molecule has 2 aliphatic heterocycles. The van der Waals surface area contributed by atoms with E-state index in [-0.39, 0.29) is 44.7 Å². The monoisotopic (exact) mass is 1000 g/mol. The summed E-state index contributed by atoms with van der Waals surface area (Å²) in [6.45, 7) is 21.0. The van der Waals surface area contributed by atoms with E-state index in [1.54, 1.807) is 22.4 Å². The Balaban J connectivity index is 1.21. The number of hydrogen-bond acceptors (Lipinski definition) is 3. The first-order valence-corrected chi connectivity index (χ1v) is 26.3. The van der Waals surface area contributed by atoms with Crippen LogP contribution < -0.4 is 21.3 Å². The molecule has 76 heavy (non-hydrogen) atoms. The van der Waals surface area contributed by atoms with Crippen LogP contribution in [0.25, 0.3) is 76.8 Å². The van der Waals surface area contributed by atoms with Gasteiger partial charge in [-0.1, -0.05) is 216 Å². The molecule has 10 aromatic carbocycles. The zero-order chi connectivity index (χ0) is 59.0. The van der Waals surface area contributed by atoms with Crippen molar-refractivity contribution in [2.24, 2.45) is 0 Å². The van der Waals surface area contributed by atoms with Crippen molar-refractivity contribution >= 4 is 79.4 Å². The second-order valence-electron chi connectivity index (χ2n) is 21.8. The van der Waals surface area contributed by atoms with Gasteiger partial charge in [-0.05, 0) is 121 Å². The summed E-state index contributed by atoms with van der Waals surface area (Å²) in [6, 6.07) is 54.9. The average molecular weight is 1000 g/mol. The van der Waals surface area contributed by atoms with Crippen molar-refractivity contribution in [3.63, 3.8) is 0 Å². The van der Waals surface area contributed by atoms with Gasteiger partial charge in [0.1, 0.15) is 0 Å². The molecule has 0 amide bonds. The standard InChI is InChI=1S/C70H53BN4S/c1-69(2,3)51-35-50(36-52(40-51)70(4,5)6)47-29-31-63-59(38-47)71-60-39-48(49-33-44(43-72)34-53(37-49)73-7)30-32-65(60)76-66-42-54(74-61-27-16-14-23-57(61)58-24-15-17-28-62(58)74)41-64(67(66)71)75(63)68-55(45-19-10-8-11-20-45)25-18-26-56(68)46-21-12-9-13-22-46/h8-42H,1-6H3/i14D,15D,16D,17D,23D,24D,27D,28D. The molecule has 0 unspecified atom stereocenters. The molecule has 0 atom stereocenters. The number of para-hydroxylation sites is 3. The number of anilines is 3. The number of benzene rings is 10. The Bertz CT molecular complexity index is 4540. The van der Waals surface area contributed by atoms with E-state index in [2.05, 4.69) is 148 Å². The predicted molar refractivity (Wildman–Crippen MR) is 321 cm³/mol. The zero-order valence-electron chi connectivity index (χ0n) is 50.9. The lowest BCUT2D eigenvalue weighted by Crippen LogP contribution is -2.60. The van der Waals surface area contributed by atoms with E-state index >= 15 is 0 Å². The second-order valence-corrected chi connectivity index (χ2v) is 22.9. The largest absolute Gasteiger partial charge is 0.310 e. The maximum atomic E-state index is 10.2. The quantitative estimate of drug-likeness (QED) is 0.123.